The molecule has 1 aliphatic rings. The third-order valence-electron chi connectivity index (χ3n) is 4.91. The van der Waals surface area contributed by atoms with Gasteiger partial charge in [-0.25, -0.2) is 4.63 Å². The predicted octanol–water partition coefficient (Wildman–Crippen LogP) is 3.26. The predicted molar refractivity (Wildman–Crippen MR) is 107 cm³/mol. The highest BCUT2D eigenvalue weighted by molar-refractivity contribution is 6.01. The molecule has 10 nitrogen and oxygen atoms in total. The second kappa shape index (κ2) is 6.99. The summed E-state index contributed by atoms with van der Waals surface area (Å²) in [6, 6.07) is 11.3. The average Bonchev–Trinajstić information content (AvgIpc) is 3.24. The quantitative estimate of drug-likeness (QED) is 0.412. The number of rotatable bonds is 4. The normalized spacial score (nSPS) is 14.4. The molecule has 0 amide bonds. The van der Waals surface area contributed by atoms with Crippen LogP contribution >= 0.6 is 0 Å². The molecule has 0 saturated carbocycles. The fraction of sp³-hybridized carbons (Fsp3) is 0.211. The van der Waals surface area contributed by atoms with Crippen molar-refractivity contribution in [3.8, 4) is 0 Å². The van der Waals surface area contributed by atoms with Gasteiger partial charge in [-0.15, -0.1) is 0 Å². The third-order valence-corrected chi connectivity index (χ3v) is 4.91. The van der Waals surface area contributed by atoms with E-state index in [9.17, 15) is 10.1 Å². The zero-order chi connectivity index (χ0) is 19.8. The maximum Gasteiger partial charge on any atom is 0.323 e. The number of nitrogens with one attached hydrogen (secondary N) is 1. The topological polar surface area (TPSA) is 119 Å². The average molecular weight is 392 g/mol. The Morgan fingerprint density at radius 1 is 1.10 bits per heavy atom. The van der Waals surface area contributed by atoms with Gasteiger partial charge in [0.1, 0.15) is 5.69 Å². The monoisotopic (exact) mass is 392 g/mol. The molecule has 1 saturated heterocycles. The molecule has 29 heavy (non-hydrogen) atoms. The summed E-state index contributed by atoms with van der Waals surface area (Å²) in [7, 11) is 0. The summed E-state index contributed by atoms with van der Waals surface area (Å²) >= 11 is 0. The number of morpholine rings is 1. The van der Waals surface area contributed by atoms with Crippen LogP contribution in [0.5, 0.6) is 0 Å². The van der Waals surface area contributed by atoms with Gasteiger partial charge in [0.15, 0.2) is 5.52 Å². The van der Waals surface area contributed by atoms with Gasteiger partial charge >= 0.3 is 5.69 Å². The highest BCUT2D eigenvalue weighted by Gasteiger charge is 2.29. The molecule has 146 valence electrons. The number of nitro benzene ring substituents is 1. The number of pyridine rings is 1. The molecule has 0 spiro atoms. The van der Waals surface area contributed by atoms with Crippen LogP contribution in [0.1, 0.15) is 0 Å². The molecule has 5 rings (SSSR count). The molecular formula is C19H16N6O4. The molecule has 0 aliphatic carbocycles. The van der Waals surface area contributed by atoms with Crippen LogP contribution in [0.2, 0.25) is 0 Å². The zero-order valence-corrected chi connectivity index (χ0v) is 15.2. The lowest BCUT2D eigenvalue weighted by Crippen LogP contribution is -2.36. The fourth-order valence-electron chi connectivity index (χ4n) is 3.54. The number of benzene rings is 2. The van der Waals surface area contributed by atoms with E-state index >= 15 is 0 Å². The van der Waals surface area contributed by atoms with Gasteiger partial charge in [0.25, 0.3) is 0 Å². The van der Waals surface area contributed by atoms with Crippen molar-refractivity contribution in [2.24, 2.45) is 0 Å². The Morgan fingerprint density at radius 3 is 2.76 bits per heavy atom. The first-order chi connectivity index (χ1) is 14.2. The van der Waals surface area contributed by atoms with E-state index in [1.165, 1.54) is 0 Å². The molecule has 2 aromatic carbocycles. The van der Waals surface area contributed by atoms with Crippen LogP contribution in [0.3, 0.4) is 0 Å². The Hall–Kier alpha value is -3.79. The van der Waals surface area contributed by atoms with Gasteiger partial charge in [-0.1, -0.05) is 6.07 Å². The zero-order valence-electron chi connectivity index (χ0n) is 15.2. The van der Waals surface area contributed by atoms with E-state index in [0.717, 1.165) is 16.6 Å². The minimum Gasteiger partial charge on any atom is -0.378 e. The fourth-order valence-corrected chi connectivity index (χ4v) is 3.54. The van der Waals surface area contributed by atoms with Gasteiger partial charge in [0.2, 0.25) is 5.52 Å². The number of fused-ring (bicyclic) bond motifs is 2. The highest BCUT2D eigenvalue weighted by Crippen LogP contribution is 2.40. The lowest BCUT2D eigenvalue weighted by atomic mass is 10.1. The van der Waals surface area contributed by atoms with E-state index in [0.29, 0.717) is 43.2 Å². The van der Waals surface area contributed by atoms with Gasteiger partial charge in [-0.2, -0.15) is 0 Å². The van der Waals surface area contributed by atoms with Crippen molar-refractivity contribution < 1.29 is 14.3 Å². The van der Waals surface area contributed by atoms with Crippen LogP contribution < -0.4 is 10.2 Å². The minimum atomic E-state index is -0.442. The van der Waals surface area contributed by atoms with Crippen LogP contribution in [0.15, 0.2) is 47.2 Å². The molecule has 2 aromatic heterocycles. The molecule has 0 bridgehead atoms. The van der Waals surface area contributed by atoms with Gasteiger partial charge in [-0.3, -0.25) is 15.1 Å². The van der Waals surface area contributed by atoms with E-state index in [-0.39, 0.29) is 11.2 Å². The van der Waals surface area contributed by atoms with Crippen molar-refractivity contribution in [2.75, 3.05) is 36.5 Å². The number of nitrogens with zero attached hydrogens (tertiary/aromatic N) is 5. The largest absolute Gasteiger partial charge is 0.378 e. The molecule has 1 N–H and O–H groups in total. The number of aromatic nitrogens is 3. The molecular weight excluding hydrogens is 376 g/mol. The number of hydrogen-bond donors (Lipinski definition) is 1. The van der Waals surface area contributed by atoms with E-state index in [1.807, 2.05) is 35.2 Å². The van der Waals surface area contributed by atoms with Crippen LogP contribution in [0.25, 0.3) is 21.9 Å². The molecule has 1 aliphatic heterocycles. The molecule has 1 fully saturated rings. The summed E-state index contributed by atoms with van der Waals surface area (Å²) in [5, 5.41) is 23.8. The van der Waals surface area contributed by atoms with Gasteiger partial charge in [-0.05, 0) is 40.6 Å². The maximum absolute atomic E-state index is 11.8. The Kier molecular flexibility index (Phi) is 4.17. The molecule has 0 unspecified atom stereocenters. The lowest BCUT2D eigenvalue weighted by Gasteiger charge is -2.28. The Morgan fingerprint density at radius 2 is 1.93 bits per heavy atom. The second-order valence-electron chi connectivity index (χ2n) is 6.65. The summed E-state index contributed by atoms with van der Waals surface area (Å²) in [5.74, 6) is 0. The molecule has 10 heteroatoms. The van der Waals surface area contributed by atoms with Crippen molar-refractivity contribution >= 4 is 44.7 Å². The van der Waals surface area contributed by atoms with Crippen molar-refractivity contribution in [2.45, 2.75) is 0 Å². The van der Waals surface area contributed by atoms with E-state index in [2.05, 4.69) is 20.6 Å². The van der Waals surface area contributed by atoms with E-state index in [1.54, 1.807) is 12.3 Å². The van der Waals surface area contributed by atoms with Crippen LogP contribution in [0, 0.1) is 10.1 Å². The maximum atomic E-state index is 11.8. The third kappa shape index (κ3) is 3.09. The second-order valence-corrected chi connectivity index (χ2v) is 6.65. The van der Waals surface area contributed by atoms with Crippen LogP contribution in [-0.2, 0) is 4.74 Å². The number of ether oxygens (including phenoxy) is 1. The SMILES string of the molecule is O=[N+]([O-])c1c(N2CCOCC2)cc(Nc2ccc3ncccc3c2)c2nonc12. The van der Waals surface area contributed by atoms with Crippen LogP contribution in [0.4, 0.5) is 22.7 Å². The van der Waals surface area contributed by atoms with Gasteiger partial charge in [0, 0.05) is 30.4 Å². The Bertz CT molecular complexity index is 1220. The lowest BCUT2D eigenvalue weighted by molar-refractivity contribution is -0.382. The highest BCUT2D eigenvalue weighted by atomic mass is 16.6. The first kappa shape index (κ1) is 17.3. The summed E-state index contributed by atoms with van der Waals surface area (Å²) in [6.45, 7) is 2.12. The van der Waals surface area contributed by atoms with Gasteiger partial charge in [0.05, 0.1) is 29.3 Å². The Labute approximate surface area is 164 Å². The first-order valence-corrected chi connectivity index (χ1v) is 9.09. The molecule has 0 radical (unpaired) electrons. The minimum absolute atomic E-state index is 0.114. The van der Waals surface area contributed by atoms with E-state index < -0.39 is 4.92 Å². The first-order valence-electron chi connectivity index (χ1n) is 9.09. The standard InChI is InChI=1S/C19H16N6O4/c26-25(27)19-16(24-6-8-28-9-7-24)11-15(17-18(19)23-29-22-17)21-13-3-4-14-12(10-13)2-1-5-20-14/h1-5,10-11,21H,6-9H2. The molecule has 0 atom stereocenters. The Balaban J connectivity index is 1.63. The molecule has 3 heterocycles. The summed E-state index contributed by atoms with van der Waals surface area (Å²) in [6.07, 6.45) is 1.74. The molecule has 4 aromatic rings. The van der Waals surface area contributed by atoms with Crippen molar-refractivity contribution in [3.63, 3.8) is 0 Å². The van der Waals surface area contributed by atoms with Crippen LogP contribution in [-0.4, -0.2) is 46.5 Å². The van der Waals surface area contributed by atoms with E-state index in [4.69, 9.17) is 9.37 Å². The summed E-state index contributed by atoms with van der Waals surface area (Å²) < 4.78 is 10.2. The summed E-state index contributed by atoms with van der Waals surface area (Å²) in [4.78, 5) is 17.6. The van der Waals surface area contributed by atoms with Gasteiger partial charge < -0.3 is 15.0 Å². The number of anilines is 3. The van der Waals surface area contributed by atoms with Crippen molar-refractivity contribution in [1.29, 1.82) is 0 Å². The summed E-state index contributed by atoms with van der Waals surface area (Å²) in [5.41, 5.74) is 3.03. The number of nitro groups is 1. The number of hydrogen-bond acceptors (Lipinski definition) is 9. The van der Waals surface area contributed by atoms with Crippen molar-refractivity contribution in [1.82, 2.24) is 15.3 Å². The smallest absolute Gasteiger partial charge is 0.323 e. The van der Waals surface area contributed by atoms with Crippen molar-refractivity contribution in [3.05, 3.63) is 52.7 Å².